The molecule has 4 nitrogen and oxygen atoms in total. The number of piperidine rings is 1. The van der Waals surface area contributed by atoms with Gasteiger partial charge in [-0.05, 0) is 82.8 Å². The summed E-state index contributed by atoms with van der Waals surface area (Å²) in [6.07, 6.45) is 3.63. The molecule has 0 aromatic heterocycles. The molecule has 1 saturated heterocycles. The SMILES string of the molecule is COC(=O)C(CC(=O)Cc1c(C)cc(C)cc1C)CC1CCN(C)CC1. The first-order valence-corrected chi connectivity index (χ1v) is 9.65. The van der Waals surface area contributed by atoms with Gasteiger partial charge >= 0.3 is 5.97 Å². The van der Waals surface area contributed by atoms with Gasteiger partial charge in [-0.15, -0.1) is 0 Å². The van der Waals surface area contributed by atoms with Gasteiger partial charge in [0.1, 0.15) is 5.78 Å². The number of carbonyl (C=O) groups excluding carboxylic acids is 2. The van der Waals surface area contributed by atoms with Gasteiger partial charge in [0.05, 0.1) is 13.0 Å². The third-order valence-corrected chi connectivity index (χ3v) is 5.68. The molecule has 0 N–H and O–H groups in total. The summed E-state index contributed by atoms with van der Waals surface area (Å²) < 4.78 is 4.99. The highest BCUT2D eigenvalue weighted by Gasteiger charge is 2.28. The maximum Gasteiger partial charge on any atom is 0.309 e. The Morgan fingerprint density at radius 2 is 1.73 bits per heavy atom. The number of nitrogens with zero attached hydrogens (tertiary/aromatic N) is 1. The average molecular weight is 360 g/mol. The quantitative estimate of drug-likeness (QED) is 0.698. The van der Waals surface area contributed by atoms with Crippen molar-refractivity contribution >= 4 is 11.8 Å². The number of ketones is 1. The first-order chi connectivity index (χ1) is 12.3. The Hall–Kier alpha value is -1.68. The fraction of sp³-hybridized carbons (Fsp3) is 0.636. The lowest BCUT2D eigenvalue weighted by Crippen LogP contribution is -2.32. The summed E-state index contributed by atoms with van der Waals surface area (Å²) in [4.78, 5) is 27.3. The molecule has 26 heavy (non-hydrogen) atoms. The third kappa shape index (κ3) is 5.66. The Morgan fingerprint density at radius 3 is 2.27 bits per heavy atom. The highest BCUT2D eigenvalue weighted by Crippen LogP contribution is 2.27. The molecule has 1 heterocycles. The van der Waals surface area contributed by atoms with Crippen molar-refractivity contribution in [2.75, 3.05) is 27.2 Å². The van der Waals surface area contributed by atoms with Crippen molar-refractivity contribution in [1.82, 2.24) is 4.90 Å². The van der Waals surface area contributed by atoms with Gasteiger partial charge in [0, 0.05) is 12.8 Å². The standard InChI is InChI=1S/C22H33NO3/c1-15-10-16(2)21(17(3)11-15)14-20(24)13-19(22(25)26-5)12-18-6-8-23(4)9-7-18/h10-11,18-19H,6-9,12-14H2,1-5H3. The molecule has 144 valence electrons. The van der Waals surface area contributed by atoms with Crippen LogP contribution in [0.15, 0.2) is 12.1 Å². The van der Waals surface area contributed by atoms with E-state index in [9.17, 15) is 9.59 Å². The highest BCUT2D eigenvalue weighted by molar-refractivity contribution is 5.86. The molecule has 2 rings (SSSR count). The molecule has 0 saturated carbocycles. The highest BCUT2D eigenvalue weighted by atomic mass is 16.5. The van der Waals surface area contributed by atoms with Gasteiger partial charge < -0.3 is 9.64 Å². The second-order valence-corrected chi connectivity index (χ2v) is 8.00. The van der Waals surface area contributed by atoms with Gasteiger partial charge in [0.2, 0.25) is 0 Å². The maximum absolute atomic E-state index is 12.7. The van der Waals surface area contributed by atoms with Gasteiger partial charge in [-0.1, -0.05) is 17.7 Å². The van der Waals surface area contributed by atoms with Crippen LogP contribution in [-0.2, 0) is 20.7 Å². The number of esters is 1. The largest absolute Gasteiger partial charge is 0.469 e. The number of rotatable bonds is 7. The smallest absolute Gasteiger partial charge is 0.309 e. The molecule has 1 aliphatic heterocycles. The Kier molecular flexibility index (Phi) is 7.39. The van der Waals surface area contributed by atoms with E-state index in [2.05, 4.69) is 44.9 Å². The van der Waals surface area contributed by atoms with Gasteiger partial charge in [0.25, 0.3) is 0 Å². The van der Waals surface area contributed by atoms with Crippen molar-refractivity contribution in [2.45, 2.75) is 52.9 Å². The minimum atomic E-state index is -0.313. The molecule has 4 heteroatoms. The lowest BCUT2D eigenvalue weighted by atomic mass is 9.84. The van der Waals surface area contributed by atoms with Crippen molar-refractivity contribution in [3.05, 3.63) is 34.4 Å². The maximum atomic E-state index is 12.7. The van der Waals surface area contributed by atoms with Crippen molar-refractivity contribution in [3.8, 4) is 0 Å². The van der Waals surface area contributed by atoms with Gasteiger partial charge in [-0.3, -0.25) is 9.59 Å². The topological polar surface area (TPSA) is 46.6 Å². The summed E-state index contributed by atoms with van der Waals surface area (Å²) >= 11 is 0. The van der Waals surface area contributed by atoms with Crippen molar-refractivity contribution in [1.29, 1.82) is 0 Å². The van der Waals surface area contributed by atoms with Crippen LogP contribution in [0, 0.1) is 32.6 Å². The van der Waals surface area contributed by atoms with E-state index in [1.807, 2.05) is 0 Å². The molecule has 0 amide bonds. The van der Waals surface area contributed by atoms with Crippen molar-refractivity contribution in [2.24, 2.45) is 11.8 Å². The van der Waals surface area contributed by atoms with Gasteiger partial charge in [-0.2, -0.15) is 0 Å². The van der Waals surface area contributed by atoms with Crippen LogP contribution in [0.2, 0.25) is 0 Å². The normalized spacial score (nSPS) is 17.1. The summed E-state index contributed by atoms with van der Waals surface area (Å²) in [5, 5.41) is 0. The molecular formula is C22H33NO3. The van der Waals surface area contributed by atoms with E-state index in [0.29, 0.717) is 12.3 Å². The number of methoxy groups -OCH3 is 1. The predicted molar refractivity (Wildman–Crippen MR) is 104 cm³/mol. The van der Waals surface area contributed by atoms with Crippen LogP contribution in [0.1, 0.15) is 47.9 Å². The summed E-state index contributed by atoms with van der Waals surface area (Å²) in [7, 11) is 3.55. The van der Waals surface area contributed by atoms with Crippen LogP contribution >= 0.6 is 0 Å². The Morgan fingerprint density at radius 1 is 1.15 bits per heavy atom. The number of likely N-dealkylation sites (tertiary alicyclic amines) is 1. The first-order valence-electron chi connectivity index (χ1n) is 9.65. The predicted octanol–water partition coefficient (Wildman–Crippen LogP) is 3.63. The number of hydrogen-bond donors (Lipinski definition) is 0. The monoisotopic (exact) mass is 359 g/mol. The lowest BCUT2D eigenvalue weighted by Gasteiger charge is -2.30. The second-order valence-electron chi connectivity index (χ2n) is 8.00. The van der Waals surface area contributed by atoms with Crippen LogP contribution in [0.4, 0.5) is 0 Å². The van der Waals surface area contributed by atoms with E-state index in [4.69, 9.17) is 4.74 Å². The summed E-state index contributed by atoms with van der Waals surface area (Å²) in [6, 6.07) is 4.23. The molecule has 0 aliphatic carbocycles. The number of hydrogen-bond acceptors (Lipinski definition) is 4. The van der Waals surface area contributed by atoms with E-state index in [1.54, 1.807) is 0 Å². The summed E-state index contributed by atoms with van der Waals surface area (Å²) in [5.41, 5.74) is 4.62. The van der Waals surface area contributed by atoms with Crippen molar-refractivity contribution < 1.29 is 14.3 Å². The van der Waals surface area contributed by atoms with E-state index in [-0.39, 0.29) is 24.1 Å². The number of carbonyl (C=O) groups is 2. The van der Waals surface area contributed by atoms with E-state index in [0.717, 1.165) is 49.0 Å². The van der Waals surface area contributed by atoms with Gasteiger partial charge in [0.15, 0.2) is 0 Å². The molecular weight excluding hydrogens is 326 g/mol. The van der Waals surface area contributed by atoms with Crippen LogP contribution < -0.4 is 0 Å². The summed E-state index contributed by atoms with van der Waals surface area (Å²) in [6.45, 7) is 8.31. The molecule has 1 atom stereocenters. The minimum absolute atomic E-state index is 0.128. The van der Waals surface area contributed by atoms with E-state index in [1.165, 1.54) is 12.7 Å². The molecule has 0 spiro atoms. The second kappa shape index (κ2) is 9.31. The first kappa shape index (κ1) is 20.6. The molecule has 1 unspecified atom stereocenters. The van der Waals surface area contributed by atoms with Crippen LogP contribution in [-0.4, -0.2) is 43.9 Å². The van der Waals surface area contributed by atoms with Crippen LogP contribution in [0.3, 0.4) is 0 Å². The lowest BCUT2D eigenvalue weighted by molar-refractivity contribution is -0.148. The molecule has 1 aromatic carbocycles. The minimum Gasteiger partial charge on any atom is -0.469 e. The zero-order chi connectivity index (χ0) is 19.3. The third-order valence-electron chi connectivity index (χ3n) is 5.68. The molecule has 0 bridgehead atoms. The number of benzene rings is 1. The molecule has 0 radical (unpaired) electrons. The number of Topliss-reactive ketones (excluding diaryl/α,β-unsaturated/α-hetero) is 1. The van der Waals surface area contributed by atoms with Crippen LogP contribution in [0.25, 0.3) is 0 Å². The average Bonchev–Trinajstić information content (AvgIpc) is 2.58. The Labute approximate surface area is 157 Å². The molecule has 1 aliphatic rings. The van der Waals surface area contributed by atoms with Gasteiger partial charge in [-0.25, -0.2) is 0 Å². The fourth-order valence-corrected chi connectivity index (χ4v) is 4.16. The Bertz CT molecular complexity index is 622. The molecule has 1 aromatic rings. The number of ether oxygens (including phenoxy) is 1. The number of aryl methyl sites for hydroxylation is 3. The fourth-order valence-electron chi connectivity index (χ4n) is 4.16. The zero-order valence-corrected chi connectivity index (χ0v) is 16.9. The van der Waals surface area contributed by atoms with Crippen molar-refractivity contribution in [3.63, 3.8) is 0 Å². The Balaban J connectivity index is 2.01. The summed E-state index contributed by atoms with van der Waals surface area (Å²) in [5.74, 6) is 0.0796. The van der Waals surface area contributed by atoms with E-state index < -0.39 is 0 Å². The van der Waals surface area contributed by atoms with E-state index >= 15 is 0 Å². The zero-order valence-electron chi connectivity index (χ0n) is 16.9. The van der Waals surface area contributed by atoms with Crippen LogP contribution in [0.5, 0.6) is 0 Å². The molecule has 1 fully saturated rings.